The molecule has 2 nitrogen and oxygen atoms in total. The summed E-state index contributed by atoms with van der Waals surface area (Å²) in [6, 6.07) is 13.1. The number of nitrogens with zero attached hydrogens (tertiary/aromatic N) is 2. The zero-order chi connectivity index (χ0) is 25.2. The molecule has 0 aliphatic heterocycles. The highest BCUT2D eigenvalue weighted by molar-refractivity contribution is 5.90. The van der Waals surface area contributed by atoms with Crippen LogP contribution in [0.1, 0.15) is 36.2 Å². The third-order valence-corrected chi connectivity index (χ3v) is 5.89. The molecule has 0 aliphatic carbocycles. The number of aryl methyl sites for hydroxylation is 6. The van der Waals surface area contributed by atoms with Crippen molar-refractivity contribution in [3.63, 3.8) is 0 Å². The van der Waals surface area contributed by atoms with Gasteiger partial charge in [0.15, 0.2) is 6.20 Å². The molecule has 0 aliphatic rings. The molecule has 0 fully saturated rings. The van der Waals surface area contributed by atoms with Crippen molar-refractivity contribution in [2.75, 3.05) is 0 Å². The van der Waals surface area contributed by atoms with Crippen molar-refractivity contribution in [1.29, 1.82) is 0 Å². The van der Waals surface area contributed by atoms with Crippen molar-refractivity contribution in [2.24, 2.45) is 14.1 Å². The van der Waals surface area contributed by atoms with E-state index in [1.54, 1.807) is 29.0 Å². The molecule has 0 unspecified atom stereocenters. The van der Waals surface area contributed by atoms with Crippen molar-refractivity contribution < 1.29 is 12.8 Å². The summed E-state index contributed by atoms with van der Waals surface area (Å²) in [6.07, 6.45) is 1.61. The fraction of sp³-hybridized carbons (Fsp3) is 0.269. The molecule has 0 bridgehead atoms. The van der Waals surface area contributed by atoms with E-state index in [-0.39, 0.29) is 5.56 Å². The van der Waals surface area contributed by atoms with E-state index in [9.17, 15) is 0 Å². The lowest BCUT2D eigenvalue weighted by Crippen LogP contribution is -2.31. The number of aromatic nitrogens is 2. The van der Waals surface area contributed by atoms with Gasteiger partial charge in [0.05, 0.1) is 0 Å². The molecule has 142 valence electrons. The molecule has 0 saturated heterocycles. The molecule has 4 aromatic rings. The quantitative estimate of drug-likeness (QED) is 0.387. The highest BCUT2D eigenvalue weighted by Gasteiger charge is 2.16. The van der Waals surface area contributed by atoms with E-state index in [0.717, 1.165) is 33.3 Å². The lowest BCUT2D eigenvalue weighted by Gasteiger charge is -2.12. The second-order valence-electron chi connectivity index (χ2n) is 7.63. The summed E-state index contributed by atoms with van der Waals surface area (Å²) in [7, 11) is 3.84. The van der Waals surface area contributed by atoms with Crippen LogP contribution in [0.15, 0.2) is 48.7 Å². The lowest BCUT2D eigenvalue weighted by atomic mass is 9.92. The van der Waals surface area contributed by atoms with Crippen molar-refractivity contribution in [3.8, 4) is 22.4 Å². The Morgan fingerprint density at radius 1 is 0.893 bits per heavy atom. The van der Waals surface area contributed by atoms with Crippen LogP contribution < -0.4 is 4.57 Å². The van der Waals surface area contributed by atoms with Crippen molar-refractivity contribution in [2.45, 2.75) is 34.5 Å². The summed E-state index contributed by atoms with van der Waals surface area (Å²) in [5, 5.41) is 1.10. The van der Waals surface area contributed by atoms with E-state index < -0.39 is 13.7 Å². The van der Waals surface area contributed by atoms with Gasteiger partial charge in [0.2, 0.25) is 5.69 Å². The molecular weight excluding hydrogens is 340 g/mol. The minimum absolute atomic E-state index is 0.260. The predicted octanol–water partition coefficient (Wildman–Crippen LogP) is 5.88. The Balaban J connectivity index is 1.97. The molecule has 2 heteroatoms. The maximum Gasteiger partial charge on any atom is 0.212 e. The lowest BCUT2D eigenvalue weighted by molar-refractivity contribution is -0.660. The monoisotopic (exact) mass is 375 g/mol. The van der Waals surface area contributed by atoms with Gasteiger partial charge < -0.3 is 4.57 Å². The maximum atomic E-state index is 8.18. The first-order valence-corrected chi connectivity index (χ1v) is 9.42. The standard InChI is InChI=1S/C26H29N2/c1-16-8-10-25(27(6)15-16)23-14-22(17(2)12-18(23)3)21-9-11-26-24(13-21)19(4)20(5)28(26)7/h8-15H,1-7H3/q+1/i1D3,2D3. The minimum atomic E-state index is -2.28. The van der Waals surface area contributed by atoms with Gasteiger partial charge in [-0.15, -0.1) is 0 Å². The second-order valence-corrected chi connectivity index (χ2v) is 7.63. The summed E-state index contributed by atoms with van der Waals surface area (Å²) in [5.74, 6) is 0. The third-order valence-electron chi connectivity index (χ3n) is 5.89. The highest BCUT2D eigenvalue weighted by atomic mass is 14.9. The largest absolute Gasteiger partial charge is 0.348 e. The average molecular weight is 376 g/mol. The predicted molar refractivity (Wildman–Crippen MR) is 119 cm³/mol. The number of hydrogen-bond donors (Lipinski definition) is 0. The Morgan fingerprint density at radius 3 is 2.43 bits per heavy atom. The van der Waals surface area contributed by atoms with E-state index in [4.69, 9.17) is 8.22 Å². The summed E-state index contributed by atoms with van der Waals surface area (Å²) in [4.78, 5) is 0. The Morgan fingerprint density at radius 2 is 1.71 bits per heavy atom. The molecule has 0 N–H and O–H groups in total. The maximum absolute atomic E-state index is 8.18. The van der Waals surface area contributed by atoms with Crippen LogP contribution in [-0.4, -0.2) is 4.57 Å². The number of pyridine rings is 1. The number of rotatable bonds is 2. The first-order valence-electron chi connectivity index (χ1n) is 12.4. The molecule has 2 heterocycles. The van der Waals surface area contributed by atoms with Gasteiger partial charge in [0, 0.05) is 49.1 Å². The Hall–Kier alpha value is -2.87. The van der Waals surface area contributed by atoms with E-state index >= 15 is 0 Å². The molecule has 0 spiro atoms. The number of fused-ring (bicyclic) bond motifs is 1. The van der Waals surface area contributed by atoms with Crippen molar-refractivity contribution in [3.05, 3.63) is 76.6 Å². The van der Waals surface area contributed by atoms with Gasteiger partial charge in [-0.1, -0.05) is 12.1 Å². The molecule has 0 saturated carbocycles. The number of benzene rings is 2. The number of hydrogen-bond acceptors (Lipinski definition) is 0. The molecule has 0 amide bonds. The van der Waals surface area contributed by atoms with Gasteiger partial charge in [0.25, 0.3) is 0 Å². The fourth-order valence-corrected chi connectivity index (χ4v) is 4.03. The van der Waals surface area contributed by atoms with Crippen LogP contribution in [0.2, 0.25) is 0 Å². The summed E-state index contributed by atoms with van der Waals surface area (Å²) in [6.45, 7) is 1.58. The topological polar surface area (TPSA) is 8.81 Å². The Kier molecular flexibility index (Phi) is 2.97. The van der Waals surface area contributed by atoms with Gasteiger partial charge in [0.1, 0.15) is 7.05 Å². The van der Waals surface area contributed by atoms with Crippen molar-refractivity contribution in [1.82, 2.24) is 4.57 Å². The molecule has 0 radical (unpaired) electrons. The summed E-state index contributed by atoms with van der Waals surface area (Å²) in [5.41, 5.74) is 8.02. The first-order chi connectivity index (χ1) is 15.7. The van der Waals surface area contributed by atoms with Gasteiger partial charge in [-0.25, -0.2) is 4.57 Å². The smallest absolute Gasteiger partial charge is 0.212 e. The van der Waals surface area contributed by atoms with E-state index in [2.05, 4.69) is 24.5 Å². The second kappa shape index (κ2) is 6.63. The fourth-order valence-electron chi connectivity index (χ4n) is 4.03. The minimum Gasteiger partial charge on any atom is -0.348 e. The normalized spacial score (nSPS) is 15.5. The van der Waals surface area contributed by atoms with Gasteiger partial charge >= 0.3 is 0 Å². The molecule has 28 heavy (non-hydrogen) atoms. The third kappa shape index (κ3) is 2.84. The van der Waals surface area contributed by atoms with Crippen LogP contribution >= 0.6 is 0 Å². The molecule has 2 aromatic heterocycles. The molecular formula is C26H29N2+. The van der Waals surface area contributed by atoms with E-state index in [1.165, 1.54) is 11.3 Å². The van der Waals surface area contributed by atoms with Gasteiger partial charge in [-0.2, -0.15) is 0 Å². The molecule has 2 aromatic carbocycles. The Bertz CT molecular complexity index is 1420. The van der Waals surface area contributed by atoms with Crippen LogP contribution in [0, 0.1) is 34.5 Å². The van der Waals surface area contributed by atoms with E-state index in [0.29, 0.717) is 11.1 Å². The van der Waals surface area contributed by atoms with Crippen LogP contribution in [0.4, 0.5) is 0 Å². The van der Waals surface area contributed by atoms with Crippen LogP contribution in [-0.2, 0) is 14.1 Å². The van der Waals surface area contributed by atoms with Crippen LogP contribution in [0.3, 0.4) is 0 Å². The molecule has 0 atom stereocenters. The van der Waals surface area contributed by atoms with Crippen molar-refractivity contribution >= 4 is 10.9 Å². The zero-order valence-electron chi connectivity index (χ0n) is 23.0. The first kappa shape index (κ1) is 12.6. The van der Waals surface area contributed by atoms with Crippen LogP contribution in [0.25, 0.3) is 33.3 Å². The summed E-state index contributed by atoms with van der Waals surface area (Å²) >= 11 is 0. The van der Waals surface area contributed by atoms with Crippen LogP contribution in [0.5, 0.6) is 0 Å². The van der Waals surface area contributed by atoms with Gasteiger partial charge in [-0.3, -0.25) is 0 Å². The van der Waals surface area contributed by atoms with E-state index in [1.807, 2.05) is 39.2 Å². The Labute approximate surface area is 176 Å². The zero-order valence-corrected chi connectivity index (χ0v) is 17.0. The SMILES string of the molecule is [2H]C([2H])([2H])c1ccc(-c2cc(-c3ccc4c(c3)c(C)c(C)n4C)c(C([2H])([2H])[2H])cc2C)[n+](C)c1. The average Bonchev–Trinajstić information content (AvgIpc) is 2.96. The summed E-state index contributed by atoms with van der Waals surface area (Å²) < 4.78 is 51.5. The highest BCUT2D eigenvalue weighted by Crippen LogP contribution is 2.34. The molecule has 4 rings (SSSR count). The van der Waals surface area contributed by atoms with Gasteiger partial charge in [-0.05, 0) is 86.6 Å².